The minimum atomic E-state index is -0.870. The molecule has 0 fully saturated rings. The summed E-state index contributed by atoms with van der Waals surface area (Å²) in [7, 11) is 0. The van der Waals surface area contributed by atoms with Gasteiger partial charge >= 0.3 is 12.0 Å². The van der Waals surface area contributed by atoms with E-state index >= 15 is 0 Å². The van der Waals surface area contributed by atoms with Crippen molar-refractivity contribution in [2.75, 3.05) is 13.1 Å². The Labute approximate surface area is 122 Å². The van der Waals surface area contributed by atoms with Gasteiger partial charge in [-0.3, -0.25) is 4.79 Å². The lowest BCUT2D eigenvalue weighted by Crippen LogP contribution is -2.48. The predicted molar refractivity (Wildman–Crippen MR) is 80.7 cm³/mol. The number of carbonyl (C=O) groups excluding carboxylic acids is 1. The summed E-state index contributed by atoms with van der Waals surface area (Å²) in [5, 5.41) is 14.8. The number of carboxylic acid groups (broad SMARTS) is 1. The molecular weight excluding hydrogens is 256 g/mol. The zero-order chi connectivity index (χ0) is 16.0. The van der Waals surface area contributed by atoms with Gasteiger partial charge in [0, 0.05) is 13.1 Å². The average molecular weight is 286 g/mol. The van der Waals surface area contributed by atoms with Crippen LogP contribution in [0.15, 0.2) is 0 Å². The van der Waals surface area contributed by atoms with Crippen molar-refractivity contribution < 1.29 is 14.7 Å². The van der Waals surface area contributed by atoms with Gasteiger partial charge in [-0.15, -0.1) is 0 Å². The van der Waals surface area contributed by atoms with Gasteiger partial charge < -0.3 is 15.7 Å². The van der Waals surface area contributed by atoms with Gasteiger partial charge in [0.25, 0.3) is 0 Å². The molecule has 3 N–H and O–H groups in total. The van der Waals surface area contributed by atoms with Gasteiger partial charge in [0.15, 0.2) is 0 Å². The van der Waals surface area contributed by atoms with Crippen molar-refractivity contribution in [3.8, 4) is 0 Å². The number of urea groups is 1. The van der Waals surface area contributed by atoms with E-state index in [-0.39, 0.29) is 18.0 Å². The maximum absolute atomic E-state index is 11.8. The Bertz CT molecular complexity index is 334. The first kappa shape index (κ1) is 18.7. The molecule has 5 nitrogen and oxygen atoms in total. The lowest BCUT2D eigenvalue weighted by Gasteiger charge is -2.30. The average Bonchev–Trinajstić information content (AvgIpc) is 2.37. The summed E-state index contributed by atoms with van der Waals surface area (Å²) in [5.41, 5.74) is -0.859. The van der Waals surface area contributed by atoms with Crippen molar-refractivity contribution in [1.29, 1.82) is 0 Å². The second kappa shape index (κ2) is 7.50. The van der Waals surface area contributed by atoms with Crippen LogP contribution in [0, 0.1) is 16.7 Å². The van der Waals surface area contributed by atoms with Crippen LogP contribution in [0.3, 0.4) is 0 Å². The molecule has 5 heteroatoms. The van der Waals surface area contributed by atoms with E-state index in [9.17, 15) is 14.7 Å². The quantitative estimate of drug-likeness (QED) is 0.642. The lowest BCUT2D eigenvalue weighted by molar-refractivity contribution is -0.149. The largest absolute Gasteiger partial charge is 0.481 e. The molecule has 20 heavy (non-hydrogen) atoms. The van der Waals surface area contributed by atoms with Crippen LogP contribution in [0.5, 0.6) is 0 Å². The highest BCUT2D eigenvalue weighted by molar-refractivity contribution is 5.78. The molecule has 0 aliphatic carbocycles. The molecule has 118 valence electrons. The van der Waals surface area contributed by atoms with Crippen LogP contribution in [-0.2, 0) is 4.79 Å². The number of amides is 2. The van der Waals surface area contributed by atoms with Crippen molar-refractivity contribution >= 4 is 12.0 Å². The molecule has 0 rings (SSSR count). The Hall–Kier alpha value is -1.26. The SMILES string of the molecule is CCC(CC)(CNC(=O)NCC(C)(C)C(C)C)C(=O)O. The van der Waals surface area contributed by atoms with Crippen molar-refractivity contribution in [1.82, 2.24) is 10.6 Å². The molecule has 0 aliphatic rings. The van der Waals surface area contributed by atoms with Crippen LogP contribution < -0.4 is 10.6 Å². The third-order valence-electron chi connectivity index (χ3n) is 4.66. The van der Waals surface area contributed by atoms with Crippen LogP contribution in [0.25, 0.3) is 0 Å². The van der Waals surface area contributed by atoms with Crippen molar-refractivity contribution in [2.45, 2.75) is 54.4 Å². The molecule has 0 spiro atoms. The predicted octanol–water partition coefficient (Wildman–Crippen LogP) is 2.86. The molecule has 0 saturated carbocycles. The van der Waals surface area contributed by atoms with Crippen molar-refractivity contribution in [2.24, 2.45) is 16.7 Å². The molecule has 0 saturated heterocycles. The molecule has 0 radical (unpaired) electrons. The number of aliphatic carboxylic acids is 1. The molecule has 0 heterocycles. The Balaban J connectivity index is 4.39. The second-order valence-corrected chi connectivity index (χ2v) is 6.47. The summed E-state index contributed by atoms with van der Waals surface area (Å²) in [5.74, 6) is -0.405. The third-order valence-corrected chi connectivity index (χ3v) is 4.66. The fourth-order valence-electron chi connectivity index (χ4n) is 1.70. The summed E-state index contributed by atoms with van der Waals surface area (Å²) in [4.78, 5) is 23.1. The molecule has 2 amide bonds. The minimum Gasteiger partial charge on any atom is -0.481 e. The fourth-order valence-corrected chi connectivity index (χ4v) is 1.70. The number of carboxylic acids is 1. The van der Waals surface area contributed by atoms with E-state index in [0.29, 0.717) is 25.3 Å². The Morgan fingerprint density at radius 2 is 1.50 bits per heavy atom. The normalized spacial score (nSPS) is 12.3. The van der Waals surface area contributed by atoms with Crippen molar-refractivity contribution in [3.63, 3.8) is 0 Å². The Kier molecular flexibility index (Phi) is 7.03. The third kappa shape index (κ3) is 5.02. The number of carbonyl (C=O) groups is 2. The molecule has 0 atom stereocenters. The molecule has 0 aromatic carbocycles. The van der Waals surface area contributed by atoms with Crippen molar-refractivity contribution in [3.05, 3.63) is 0 Å². The fraction of sp³-hybridized carbons (Fsp3) is 0.867. The summed E-state index contributed by atoms with van der Waals surface area (Å²) >= 11 is 0. The van der Waals surface area contributed by atoms with E-state index < -0.39 is 11.4 Å². The summed E-state index contributed by atoms with van der Waals surface area (Å²) < 4.78 is 0. The smallest absolute Gasteiger partial charge is 0.314 e. The Morgan fingerprint density at radius 3 is 1.85 bits per heavy atom. The van der Waals surface area contributed by atoms with Gasteiger partial charge in [-0.05, 0) is 24.2 Å². The maximum Gasteiger partial charge on any atom is 0.314 e. The number of hydrogen-bond donors (Lipinski definition) is 3. The van der Waals surface area contributed by atoms with Crippen LogP contribution >= 0.6 is 0 Å². The van der Waals surface area contributed by atoms with E-state index in [0.717, 1.165) is 0 Å². The number of nitrogens with one attached hydrogen (secondary N) is 2. The zero-order valence-corrected chi connectivity index (χ0v) is 13.7. The first-order valence-corrected chi connectivity index (χ1v) is 7.36. The van der Waals surface area contributed by atoms with Crippen LogP contribution in [0.1, 0.15) is 54.4 Å². The molecule has 0 aromatic heterocycles. The van der Waals surface area contributed by atoms with Gasteiger partial charge in [-0.2, -0.15) is 0 Å². The minimum absolute atomic E-state index is 0.0107. The number of hydrogen-bond acceptors (Lipinski definition) is 2. The maximum atomic E-state index is 11.8. The second-order valence-electron chi connectivity index (χ2n) is 6.47. The van der Waals surface area contributed by atoms with Gasteiger partial charge in [0.1, 0.15) is 0 Å². The highest BCUT2D eigenvalue weighted by Gasteiger charge is 2.35. The van der Waals surface area contributed by atoms with Crippen LogP contribution in [0.4, 0.5) is 4.79 Å². The van der Waals surface area contributed by atoms with Crippen LogP contribution in [-0.4, -0.2) is 30.2 Å². The van der Waals surface area contributed by atoms with Gasteiger partial charge in [0.05, 0.1) is 5.41 Å². The monoisotopic (exact) mass is 286 g/mol. The van der Waals surface area contributed by atoms with Crippen LogP contribution in [0.2, 0.25) is 0 Å². The summed E-state index contributed by atoms with van der Waals surface area (Å²) in [6.07, 6.45) is 0.993. The summed E-state index contributed by atoms with van der Waals surface area (Å²) in [6, 6.07) is -0.300. The highest BCUT2D eigenvalue weighted by atomic mass is 16.4. The molecule has 0 unspecified atom stereocenters. The van der Waals surface area contributed by atoms with E-state index in [1.54, 1.807) is 0 Å². The zero-order valence-electron chi connectivity index (χ0n) is 13.7. The first-order valence-electron chi connectivity index (χ1n) is 7.36. The van der Waals surface area contributed by atoms with Gasteiger partial charge in [-0.25, -0.2) is 4.79 Å². The van der Waals surface area contributed by atoms with E-state index in [4.69, 9.17) is 0 Å². The standard InChI is InChI=1S/C15H30N2O3/c1-7-15(8-2,12(18)19)10-17-13(20)16-9-14(5,6)11(3)4/h11H,7-10H2,1-6H3,(H,18,19)(H2,16,17,20). The van der Waals surface area contributed by atoms with Gasteiger partial charge in [-0.1, -0.05) is 41.5 Å². The first-order chi connectivity index (χ1) is 9.11. The van der Waals surface area contributed by atoms with E-state index in [1.807, 2.05) is 13.8 Å². The molecule has 0 aliphatic heterocycles. The highest BCUT2D eigenvalue weighted by Crippen LogP contribution is 2.26. The van der Waals surface area contributed by atoms with Gasteiger partial charge in [0.2, 0.25) is 0 Å². The topological polar surface area (TPSA) is 78.4 Å². The lowest BCUT2D eigenvalue weighted by atomic mass is 9.81. The Morgan fingerprint density at radius 1 is 1.05 bits per heavy atom. The summed E-state index contributed by atoms with van der Waals surface area (Å²) in [6.45, 7) is 12.8. The number of rotatable bonds is 8. The molecular formula is C15H30N2O3. The van der Waals surface area contributed by atoms with E-state index in [1.165, 1.54) is 0 Å². The van der Waals surface area contributed by atoms with E-state index in [2.05, 4.69) is 38.3 Å². The molecule has 0 aromatic rings. The molecule has 0 bridgehead atoms.